The number of carbonyl (C=O) groups is 1. The van der Waals surface area contributed by atoms with Crippen LogP contribution in [-0.4, -0.2) is 19.0 Å². The van der Waals surface area contributed by atoms with Crippen LogP contribution in [0.15, 0.2) is 12.7 Å². The van der Waals surface area contributed by atoms with Gasteiger partial charge in [-0.05, 0) is 6.42 Å². The molecule has 0 aromatic rings. The van der Waals surface area contributed by atoms with Crippen LogP contribution in [0.3, 0.4) is 0 Å². The summed E-state index contributed by atoms with van der Waals surface area (Å²) in [6, 6.07) is 0. The van der Waals surface area contributed by atoms with Gasteiger partial charge in [-0.15, -0.1) is 6.58 Å². The van der Waals surface area contributed by atoms with Gasteiger partial charge in [0.15, 0.2) is 0 Å². The van der Waals surface area contributed by atoms with Crippen molar-refractivity contribution in [3.63, 3.8) is 0 Å². The van der Waals surface area contributed by atoms with Crippen LogP contribution in [0.25, 0.3) is 0 Å². The van der Waals surface area contributed by atoms with Gasteiger partial charge in [-0.2, -0.15) is 0 Å². The standard InChI is InChI=1S/C8H14O2/c1-3-5-8(7-9)10-6-4-2/h4,7-8H,2-3,5-6H2,1H3. The van der Waals surface area contributed by atoms with Gasteiger partial charge in [0.25, 0.3) is 0 Å². The smallest absolute Gasteiger partial charge is 0.148 e. The maximum atomic E-state index is 10.2. The molecular formula is C8H14O2. The monoisotopic (exact) mass is 142 g/mol. The van der Waals surface area contributed by atoms with Crippen molar-refractivity contribution in [1.29, 1.82) is 0 Å². The molecule has 0 aromatic heterocycles. The highest BCUT2D eigenvalue weighted by atomic mass is 16.5. The molecule has 2 nitrogen and oxygen atoms in total. The molecule has 2 heteroatoms. The fraction of sp³-hybridized carbons (Fsp3) is 0.625. The van der Waals surface area contributed by atoms with E-state index in [0.29, 0.717) is 6.61 Å². The topological polar surface area (TPSA) is 26.3 Å². The van der Waals surface area contributed by atoms with Gasteiger partial charge in [-0.3, -0.25) is 0 Å². The zero-order chi connectivity index (χ0) is 7.82. The van der Waals surface area contributed by atoms with E-state index in [1.807, 2.05) is 6.92 Å². The van der Waals surface area contributed by atoms with E-state index in [4.69, 9.17) is 4.74 Å². The van der Waals surface area contributed by atoms with Crippen molar-refractivity contribution in [2.24, 2.45) is 0 Å². The molecule has 0 aliphatic rings. The van der Waals surface area contributed by atoms with Crippen molar-refractivity contribution in [3.05, 3.63) is 12.7 Å². The summed E-state index contributed by atoms with van der Waals surface area (Å²) < 4.78 is 5.09. The first-order valence-electron chi connectivity index (χ1n) is 3.53. The van der Waals surface area contributed by atoms with Crippen LogP contribution in [-0.2, 0) is 9.53 Å². The molecule has 0 aliphatic heterocycles. The molecule has 0 saturated heterocycles. The van der Waals surface area contributed by atoms with Crippen LogP contribution in [0.2, 0.25) is 0 Å². The van der Waals surface area contributed by atoms with Gasteiger partial charge >= 0.3 is 0 Å². The lowest BCUT2D eigenvalue weighted by molar-refractivity contribution is -0.117. The number of rotatable bonds is 6. The van der Waals surface area contributed by atoms with Crippen LogP contribution in [0.5, 0.6) is 0 Å². The quantitative estimate of drug-likeness (QED) is 0.415. The van der Waals surface area contributed by atoms with E-state index in [1.165, 1.54) is 0 Å². The molecule has 0 spiro atoms. The van der Waals surface area contributed by atoms with E-state index in [0.717, 1.165) is 19.1 Å². The molecule has 0 aromatic carbocycles. The molecule has 58 valence electrons. The minimum atomic E-state index is -0.233. The molecule has 0 amide bonds. The first-order chi connectivity index (χ1) is 4.85. The van der Waals surface area contributed by atoms with E-state index >= 15 is 0 Å². The molecule has 0 radical (unpaired) electrons. The van der Waals surface area contributed by atoms with E-state index in [2.05, 4.69) is 6.58 Å². The summed E-state index contributed by atoms with van der Waals surface area (Å²) in [7, 11) is 0. The SMILES string of the molecule is C=CCOC(C=O)CCC. The van der Waals surface area contributed by atoms with Crippen molar-refractivity contribution in [2.45, 2.75) is 25.9 Å². The molecule has 10 heavy (non-hydrogen) atoms. The molecule has 0 aliphatic carbocycles. The summed E-state index contributed by atoms with van der Waals surface area (Å²) in [5.74, 6) is 0. The van der Waals surface area contributed by atoms with Crippen molar-refractivity contribution in [1.82, 2.24) is 0 Å². The second-order valence-corrected chi connectivity index (χ2v) is 2.09. The lowest BCUT2D eigenvalue weighted by atomic mass is 10.2. The van der Waals surface area contributed by atoms with Gasteiger partial charge in [0.2, 0.25) is 0 Å². The number of ether oxygens (including phenoxy) is 1. The highest BCUT2D eigenvalue weighted by Gasteiger charge is 2.02. The van der Waals surface area contributed by atoms with Crippen LogP contribution >= 0.6 is 0 Å². The lowest BCUT2D eigenvalue weighted by Gasteiger charge is -2.07. The molecule has 0 saturated carbocycles. The third kappa shape index (κ3) is 4.27. The maximum absolute atomic E-state index is 10.2. The second-order valence-electron chi connectivity index (χ2n) is 2.09. The molecule has 0 bridgehead atoms. The minimum Gasteiger partial charge on any atom is -0.367 e. The van der Waals surface area contributed by atoms with E-state index < -0.39 is 0 Å². The third-order valence-electron chi connectivity index (χ3n) is 1.15. The summed E-state index contributed by atoms with van der Waals surface area (Å²) in [5.41, 5.74) is 0. The molecule has 0 heterocycles. The van der Waals surface area contributed by atoms with Crippen LogP contribution < -0.4 is 0 Å². The maximum Gasteiger partial charge on any atom is 0.148 e. The van der Waals surface area contributed by atoms with Crippen molar-refractivity contribution < 1.29 is 9.53 Å². The Morgan fingerprint density at radius 1 is 1.70 bits per heavy atom. The molecule has 0 rings (SSSR count). The predicted molar refractivity (Wildman–Crippen MR) is 40.9 cm³/mol. The highest BCUT2D eigenvalue weighted by molar-refractivity contribution is 5.55. The van der Waals surface area contributed by atoms with Gasteiger partial charge in [0.1, 0.15) is 12.4 Å². The highest BCUT2D eigenvalue weighted by Crippen LogP contribution is 1.98. The van der Waals surface area contributed by atoms with Crippen LogP contribution in [0.4, 0.5) is 0 Å². The van der Waals surface area contributed by atoms with Crippen molar-refractivity contribution in [3.8, 4) is 0 Å². The Bertz CT molecular complexity index is 99.4. The van der Waals surface area contributed by atoms with Gasteiger partial charge < -0.3 is 9.53 Å². The first kappa shape index (κ1) is 9.37. The number of aldehydes is 1. The number of hydrogen-bond donors (Lipinski definition) is 0. The summed E-state index contributed by atoms with van der Waals surface area (Å²) in [5, 5.41) is 0. The van der Waals surface area contributed by atoms with Crippen molar-refractivity contribution >= 4 is 6.29 Å². The summed E-state index contributed by atoms with van der Waals surface area (Å²) in [4.78, 5) is 10.2. The molecule has 1 unspecified atom stereocenters. The average molecular weight is 142 g/mol. The Hall–Kier alpha value is -0.630. The second kappa shape index (κ2) is 6.49. The Kier molecular flexibility index (Phi) is 6.08. The predicted octanol–water partition coefficient (Wildman–Crippen LogP) is 1.56. The van der Waals surface area contributed by atoms with Gasteiger partial charge in [0.05, 0.1) is 6.61 Å². The van der Waals surface area contributed by atoms with Crippen molar-refractivity contribution in [2.75, 3.05) is 6.61 Å². The fourth-order valence-electron chi connectivity index (χ4n) is 0.667. The summed E-state index contributed by atoms with van der Waals surface area (Å²) >= 11 is 0. The minimum absolute atomic E-state index is 0.233. The van der Waals surface area contributed by atoms with Crippen LogP contribution in [0, 0.1) is 0 Å². The average Bonchev–Trinajstić information content (AvgIpc) is 1.98. The van der Waals surface area contributed by atoms with E-state index in [9.17, 15) is 4.79 Å². The largest absolute Gasteiger partial charge is 0.367 e. The normalized spacial score (nSPS) is 12.5. The molecule has 0 fully saturated rings. The number of hydrogen-bond acceptors (Lipinski definition) is 2. The Morgan fingerprint density at radius 3 is 2.80 bits per heavy atom. The Morgan fingerprint density at radius 2 is 2.40 bits per heavy atom. The zero-order valence-electron chi connectivity index (χ0n) is 6.38. The van der Waals surface area contributed by atoms with Gasteiger partial charge in [0, 0.05) is 0 Å². The third-order valence-corrected chi connectivity index (χ3v) is 1.15. The molecule has 1 atom stereocenters. The van der Waals surface area contributed by atoms with Gasteiger partial charge in [-0.1, -0.05) is 19.4 Å². The number of carbonyl (C=O) groups excluding carboxylic acids is 1. The summed E-state index contributed by atoms with van der Waals surface area (Å²) in [6.07, 6.45) is 4.03. The van der Waals surface area contributed by atoms with Crippen LogP contribution in [0.1, 0.15) is 19.8 Å². The summed E-state index contributed by atoms with van der Waals surface area (Å²) in [6.45, 7) is 5.97. The zero-order valence-corrected chi connectivity index (χ0v) is 6.38. The Balaban J connectivity index is 3.38. The molecular weight excluding hydrogens is 128 g/mol. The Labute approximate surface area is 61.9 Å². The van der Waals surface area contributed by atoms with Gasteiger partial charge in [-0.25, -0.2) is 0 Å². The molecule has 0 N–H and O–H groups in total. The first-order valence-corrected chi connectivity index (χ1v) is 3.53. The van der Waals surface area contributed by atoms with E-state index in [1.54, 1.807) is 6.08 Å². The van der Waals surface area contributed by atoms with E-state index in [-0.39, 0.29) is 6.10 Å². The fourth-order valence-corrected chi connectivity index (χ4v) is 0.667. The lowest BCUT2D eigenvalue weighted by Crippen LogP contribution is -2.13.